The van der Waals surface area contributed by atoms with E-state index < -0.39 is 15.1 Å². The number of carbonyl (C=O) groups is 1. The fourth-order valence-corrected chi connectivity index (χ4v) is 2.86. The van der Waals surface area contributed by atoms with Gasteiger partial charge < -0.3 is 0 Å². The summed E-state index contributed by atoms with van der Waals surface area (Å²) in [6.07, 6.45) is 1.15. The summed E-state index contributed by atoms with van der Waals surface area (Å²) in [5, 5.41) is -0.358. The summed E-state index contributed by atoms with van der Waals surface area (Å²) in [4.78, 5) is 11.3. The second kappa shape index (κ2) is 5.56. The van der Waals surface area contributed by atoms with Crippen LogP contribution in [0.5, 0.6) is 0 Å². The number of sulfone groups is 1. The molecule has 0 N–H and O–H groups in total. The number of carbonyl (C=O) groups excluding carboxylic acids is 1. The molecule has 0 spiro atoms. The van der Waals surface area contributed by atoms with E-state index in [1.54, 1.807) is 24.3 Å². The fourth-order valence-electron chi connectivity index (χ4n) is 1.75. The molecule has 0 fully saturated rings. The molecule has 2 aromatic carbocycles. The van der Waals surface area contributed by atoms with Crippen LogP contribution in [0, 0.1) is 0 Å². The van der Waals surface area contributed by atoms with Crippen LogP contribution in [0.15, 0.2) is 47.4 Å². The molecule has 104 valence electrons. The van der Waals surface area contributed by atoms with E-state index >= 15 is 0 Å². The van der Waals surface area contributed by atoms with Gasteiger partial charge in [-0.25, -0.2) is 8.42 Å². The predicted molar refractivity (Wildman–Crippen MR) is 80.2 cm³/mol. The number of hydrogen-bond donors (Lipinski definition) is 0. The van der Waals surface area contributed by atoms with Crippen molar-refractivity contribution < 1.29 is 13.2 Å². The third-order valence-corrected chi connectivity index (χ3v) is 4.44. The standard InChI is InChI=1S/C14H10Cl2O3S/c1-20(18,19)11-5-2-9(3-6-11)10-4-7-12(14(16)17)13(15)8-10/h2-8H,1H3. The molecule has 0 aromatic heterocycles. The van der Waals surface area contributed by atoms with Crippen LogP contribution in [-0.4, -0.2) is 19.9 Å². The van der Waals surface area contributed by atoms with Gasteiger partial charge >= 0.3 is 0 Å². The molecule has 0 aliphatic heterocycles. The molecule has 0 atom stereocenters. The highest BCUT2D eigenvalue weighted by atomic mass is 35.5. The summed E-state index contributed by atoms with van der Waals surface area (Å²) in [6, 6.07) is 11.3. The Hall–Kier alpha value is -1.36. The lowest BCUT2D eigenvalue weighted by Gasteiger charge is -2.06. The maximum Gasteiger partial charge on any atom is 0.253 e. The van der Waals surface area contributed by atoms with Gasteiger partial charge in [-0.1, -0.05) is 29.8 Å². The van der Waals surface area contributed by atoms with Crippen molar-refractivity contribution in [3.05, 3.63) is 53.1 Å². The smallest absolute Gasteiger partial charge is 0.253 e. The number of hydrogen-bond acceptors (Lipinski definition) is 3. The summed E-state index contributed by atoms with van der Waals surface area (Å²) in [7, 11) is -3.22. The van der Waals surface area contributed by atoms with Crippen LogP contribution in [0.3, 0.4) is 0 Å². The number of benzene rings is 2. The first-order valence-electron chi connectivity index (χ1n) is 5.59. The number of rotatable bonds is 3. The van der Waals surface area contributed by atoms with Crippen molar-refractivity contribution in [2.24, 2.45) is 0 Å². The highest BCUT2D eigenvalue weighted by molar-refractivity contribution is 7.90. The van der Waals surface area contributed by atoms with Crippen molar-refractivity contribution in [1.29, 1.82) is 0 Å². The van der Waals surface area contributed by atoms with E-state index in [4.69, 9.17) is 23.2 Å². The van der Waals surface area contributed by atoms with Crippen molar-refractivity contribution in [1.82, 2.24) is 0 Å². The van der Waals surface area contributed by atoms with E-state index in [2.05, 4.69) is 0 Å². The molecule has 0 saturated heterocycles. The Morgan fingerprint density at radius 3 is 2.00 bits per heavy atom. The van der Waals surface area contributed by atoms with E-state index in [0.29, 0.717) is 0 Å². The maximum absolute atomic E-state index is 11.4. The second-order valence-electron chi connectivity index (χ2n) is 4.26. The molecular weight excluding hydrogens is 319 g/mol. The van der Waals surface area contributed by atoms with Gasteiger partial charge in [0.15, 0.2) is 9.84 Å². The monoisotopic (exact) mass is 328 g/mol. The fraction of sp³-hybridized carbons (Fsp3) is 0.0714. The first-order chi connectivity index (χ1) is 9.29. The Balaban J connectivity index is 2.42. The van der Waals surface area contributed by atoms with E-state index in [1.807, 2.05) is 0 Å². The van der Waals surface area contributed by atoms with Gasteiger partial charge in [-0.2, -0.15) is 0 Å². The highest BCUT2D eigenvalue weighted by Gasteiger charge is 2.10. The Bertz CT molecular complexity index is 766. The normalized spacial score (nSPS) is 11.3. The van der Waals surface area contributed by atoms with Gasteiger partial charge in [-0.3, -0.25) is 4.79 Å². The highest BCUT2D eigenvalue weighted by Crippen LogP contribution is 2.27. The average Bonchev–Trinajstić information content (AvgIpc) is 2.37. The molecule has 0 aliphatic rings. The SMILES string of the molecule is CS(=O)(=O)c1ccc(-c2ccc(C(=O)Cl)c(Cl)c2)cc1. The molecule has 0 radical (unpaired) electrons. The maximum atomic E-state index is 11.4. The first kappa shape index (κ1) is 15.0. The van der Waals surface area contributed by atoms with Crippen LogP contribution in [0.1, 0.15) is 10.4 Å². The van der Waals surface area contributed by atoms with E-state index in [1.165, 1.54) is 18.2 Å². The molecule has 0 amide bonds. The van der Waals surface area contributed by atoms with Crippen molar-refractivity contribution in [2.45, 2.75) is 4.90 Å². The molecule has 3 nitrogen and oxygen atoms in total. The van der Waals surface area contributed by atoms with Crippen LogP contribution in [0.4, 0.5) is 0 Å². The quantitative estimate of drug-likeness (QED) is 0.805. The van der Waals surface area contributed by atoms with Gasteiger partial charge in [0.25, 0.3) is 5.24 Å². The van der Waals surface area contributed by atoms with Gasteiger partial charge in [0, 0.05) is 6.26 Å². The minimum Gasteiger partial charge on any atom is -0.276 e. The summed E-state index contributed by atoms with van der Waals surface area (Å²) in [5.74, 6) is 0. The molecule has 2 rings (SSSR count). The average molecular weight is 329 g/mol. The van der Waals surface area contributed by atoms with E-state index in [9.17, 15) is 13.2 Å². The van der Waals surface area contributed by atoms with Gasteiger partial charge in [-0.15, -0.1) is 0 Å². The minimum atomic E-state index is -3.22. The van der Waals surface area contributed by atoms with Crippen LogP contribution >= 0.6 is 23.2 Å². The summed E-state index contributed by atoms with van der Waals surface area (Å²) in [5.41, 5.74) is 1.81. The molecule has 0 saturated carbocycles. The van der Waals surface area contributed by atoms with Gasteiger partial charge in [0.1, 0.15) is 0 Å². The zero-order valence-corrected chi connectivity index (χ0v) is 12.8. The zero-order chi connectivity index (χ0) is 14.9. The van der Waals surface area contributed by atoms with Crippen molar-refractivity contribution >= 4 is 38.3 Å². The molecule has 0 heterocycles. The minimum absolute atomic E-state index is 0.241. The molecule has 6 heteroatoms. The Morgan fingerprint density at radius 1 is 1.00 bits per heavy atom. The van der Waals surface area contributed by atoms with E-state index in [0.717, 1.165) is 17.4 Å². The van der Waals surface area contributed by atoms with Crippen molar-refractivity contribution in [2.75, 3.05) is 6.26 Å². The predicted octanol–water partition coefficient (Wildman–Crippen LogP) is 3.79. The number of halogens is 2. The molecule has 0 aliphatic carbocycles. The molecule has 0 bridgehead atoms. The van der Waals surface area contributed by atoms with Gasteiger partial charge in [0.2, 0.25) is 0 Å². The lowest BCUT2D eigenvalue weighted by Crippen LogP contribution is -1.96. The van der Waals surface area contributed by atoms with Crippen molar-refractivity contribution in [3.8, 4) is 11.1 Å². The molecule has 0 unspecified atom stereocenters. The van der Waals surface area contributed by atoms with Gasteiger partial charge in [-0.05, 0) is 47.0 Å². The summed E-state index contributed by atoms with van der Waals surface area (Å²) >= 11 is 11.4. The van der Waals surface area contributed by atoms with Crippen LogP contribution in [0.2, 0.25) is 5.02 Å². The Morgan fingerprint density at radius 2 is 1.55 bits per heavy atom. The summed E-state index contributed by atoms with van der Waals surface area (Å²) in [6.45, 7) is 0. The Labute approximate surface area is 127 Å². The Kier molecular flexibility index (Phi) is 4.18. The largest absolute Gasteiger partial charge is 0.276 e. The first-order valence-corrected chi connectivity index (χ1v) is 8.23. The molecule has 20 heavy (non-hydrogen) atoms. The van der Waals surface area contributed by atoms with Crippen LogP contribution in [-0.2, 0) is 9.84 Å². The summed E-state index contributed by atoms with van der Waals surface area (Å²) < 4.78 is 22.8. The second-order valence-corrected chi connectivity index (χ2v) is 7.03. The lowest BCUT2D eigenvalue weighted by atomic mass is 10.0. The van der Waals surface area contributed by atoms with Crippen LogP contribution in [0.25, 0.3) is 11.1 Å². The zero-order valence-electron chi connectivity index (χ0n) is 10.4. The van der Waals surface area contributed by atoms with Crippen molar-refractivity contribution in [3.63, 3.8) is 0 Å². The van der Waals surface area contributed by atoms with E-state index in [-0.39, 0.29) is 15.5 Å². The third kappa shape index (κ3) is 3.20. The third-order valence-electron chi connectivity index (χ3n) is 2.80. The lowest BCUT2D eigenvalue weighted by molar-refractivity contribution is 0.108. The van der Waals surface area contributed by atoms with Gasteiger partial charge in [0.05, 0.1) is 15.5 Å². The van der Waals surface area contributed by atoms with Crippen LogP contribution < -0.4 is 0 Å². The molecular formula is C14H10Cl2O3S. The topological polar surface area (TPSA) is 51.2 Å². The molecule has 2 aromatic rings.